The van der Waals surface area contributed by atoms with Gasteiger partial charge in [0.15, 0.2) is 0 Å². The monoisotopic (exact) mass is 405 g/mol. The van der Waals surface area contributed by atoms with Gasteiger partial charge in [0.1, 0.15) is 23.9 Å². The normalized spacial score (nSPS) is 11.4. The van der Waals surface area contributed by atoms with Crippen LogP contribution in [-0.2, 0) is 11.3 Å². The van der Waals surface area contributed by atoms with E-state index in [1.807, 2.05) is 64.1 Å². The molecule has 3 rings (SSSR count). The van der Waals surface area contributed by atoms with E-state index in [1.165, 1.54) is 0 Å². The first-order valence-corrected chi connectivity index (χ1v) is 9.93. The molecule has 0 spiro atoms. The van der Waals surface area contributed by atoms with E-state index < -0.39 is 0 Å². The standard InChI is InChI=1S/C23H27N5O2/c1-15-12-20(29-5)14-23(25-15)21-10-6-8-19(27-21)9-7-11-30-28-17(3)22-13-16(2)24-18(4)26-22/h6,8,10,12-14H,7,9,11H2,1-5H3. The van der Waals surface area contributed by atoms with Crippen molar-refractivity contribution in [2.75, 3.05) is 13.7 Å². The summed E-state index contributed by atoms with van der Waals surface area (Å²) in [5.74, 6) is 1.51. The molecule has 7 nitrogen and oxygen atoms in total. The molecule has 0 aromatic carbocycles. The molecule has 3 aromatic heterocycles. The summed E-state index contributed by atoms with van der Waals surface area (Å²) in [6.45, 7) is 8.14. The summed E-state index contributed by atoms with van der Waals surface area (Å²) in [5.41, 5.74) is 5.96. The fourth-order valence-corrected chi connectivity index (χ4v) is 3.06. The van der Waals surface area contributed by atoms with Crippen LogP contribution in [0.5, 0.6) is 5.75 Å². The second kappa shape index (κ2) is 9.91. The molecule has 0 unspecified atom stereocenters. The maximum atomic E-state index is 5.48. The predicted octanol–water partition coefficient (Wildman–Crippen LogP) is 4.24. The average molecular weight is 406 g/mol. The van der Waals surface area contributed by atoms with Gasteiger partial charge in [-0.1, -0.05) is 11.2 Å². The number of ether oxygens (including phenoxy) is 1. The molecule has 3 aromatic rings. The summed E-state index contributed by atoms with van der Waals surface area (Å²) in [6.07, 6.45) is 1.59. The van der Waals surface area contributed by atoms with Gasteiger partial charge in [0, 0.05) is 29.2 Å². The lowest BCUT2D eigenvalue weighted by molar-refractivity contribution is 0.141. The summed E-state index contributed by atoms with van der Waals surface area (Å²) >= 11 is 0. The second-order valence-corrected chi connectivity index (χ2v) is 7.10. The van der Waals surface area contributed by atoms with Gasteiger partial charge in [0.25, 0.3) is 0 Å². The Morgan fingerprint density at radius 3 is 2.50 bits per heavy atom. The third-order valence-corrected chi connectivity index (χ3v) is 4.44. The molecule has 0 saturated carbocycles. The van der Waals surface area contributed by atoms with Crippen LogP contribution in [0.3, 0.4) is 0 Å². The van der Waals surface area contributed by atoms with Crippen molar-refractivity contribution in [3.63, 3.8) is 0 Å². The maximum absolute atomic E-state index is 5.48. The summed E-state index contributed by atoms with van der Waals surface area (Å²) in [7, 11) is 1.65. The molecular formula is C23H27N5O2. The average Bonchev–Trinajstić information content (AvgIpc) is 2.72. The Morgan fingerprint density at radius 1 is 0.933 bits per heavy atom. The second-order valence-electron chi connectivity index (χ2n) is 7.10. The first-order valence-electron chi connectivity index (χ1n) is 9.93. The van der Waals surface area contributed by atoms with Gasteiger partial charge in [-0.15, -0.1) is 0 Å². The fraction of sp³-hybridized carbons (Fsp3) is 0.348. The van der Waals surface area contributed by atoms with E-state index in [0.29, 0.717) is 6.61 Å². The lowest BCUT2D eigenvalue weighted by Crippen LogP contribution is -2.04. The lowest BCUT2D eigenvalue weighted by Gasteiger charge is -2.07. The van der Waals surface area contributed by atoms with Crippen LogP contribution in [0, 0.1) is 20.8 Å². The third-order valence-electron chi connectivity index (χ3n) is 4.44. The molecule has 0 saturated heterocycles. The van der Waals surface area contributed by atoms with E-state index in [4.69, 9.17) is 14.6 Å². The molecule has 30 heavy (non-hydrogen) atoms. The van der Waals surface area contributed by atoms with Crippen LogP contribution in [0.1, 0.15) is 41.9 Å². The van der Waals surface area contributed by atoms with Crippen LogP contribution in [0.4, 0.5) is 0 Å². The van der Waals surface area contributed by atoms with Gasteiger partial charge in [-0.25, -0.2) is 9.97 Å². The molecule has 0 aliphatic heterocycles. The highest BCUT2D eigenvalue weighted by Crippen LogP contribution is 2.22. The molecule has 0 aliphatic carbocycles. The Bertz CT molecular complexity index is 1030. The molecule has 0 amide bonds. The molecule has 0 radical (unpaired) electrons. The van der Waals surface area contributed by atoms with Gasteiger partial charge in [-0.3, -0.25) is 9.97 Å². The zero-order chi connectivity index (χ0) is 21.5. The third kappa shape index (κ3) is 5.83. The molecule has 0 atom stereocenters. The van der Waals surface area contributed by atoms with Gasteiger partial charge in [0.05, 0.1) is 24.2 Å². The van der Waals surface area contributed by atoms with Crippen molar-refractivity contribution >= 4 is 5.71 Å². The highest BCUT2D eigenvalue weighted by atomic mass is 16.6. The van der Waals surface area contributed by atoms with E-state index in [1.54, 1.807) is 7.11 Å². The van der Waals surface area contributed by atoms with Gasteiger partial charge in [-0.05, 0) is 58.7 Å². The Labute approximate surface area is 177 Å². The SMILES string of the molecule is COc1cc(C)nc(-c2cccc(CCCON=C(C)c3cc(C)nc(C)n3)n2)c1. The minimum Gasteiger partial charge on any atom is -0.497 e. The number of aromatic nitrogens is 4. The van der Waals surface area contributed by atoms with E-state index in [2.05, 4.69) is 20.1 Å². The number of nitrogens with zero attached hydrogens (tertiary/aromatic N) is 5. The number of hydrogen-bond acceptors (Lipinski definition) is 7. The molecule has 0 bridgehead atoms. The van der Waals surface area contributed by atoms with Crippen LogP contribution in [0.15, 0.2) is 41.6 Å². The number of oxime groups is 1. The van der Waals surface area contributed by atoms with Crippen LogP contribution in [0.25, 0.3) is 11.4 Å². The minimum absolute atomic E-state index is 0.503. The summed E-state index contributed by atoms with van der Waals surface area (Å²) in [5, 5.41) is 4.18. The molecule has 0 N–H and O–H groups in total. The van der Waals surface area contributed by atoms with Crippen molar-refractivity contribution in [1.29, 1.82) is 0 Å². The van der Waals surface area contributed by atoms with E-state index in [-0.39, 0.29) is 0 Å². The first kappa shape index (κ1) is 21.4. The lowest BCUT2D eigenvalue weighted by atomic mass is 10.1. The fourth-order valence-electron chi connectivity index (χ4n) is 3.06. The van der Waals surface area contributed by atoms with Gasteiger partial charge >= 0.3 is 0 Å². The smallest absolute Gasteiger partial charge is 0.126 e. The zero-order valence-electron chi connectivity index (χ0n) is 18.1. The number of methoxy groups -OCH3 is 1. The Balaban J connectivity index is 1.57. The number of rotatable bonds is 8. The van der Waals surface area contributed by atoms with Crippen molar-refractivity contribution in [1.82, 2.24) is 19.9 Å². The van der Waals surface area contributed by atoms with Crippen LogP contribution in [-0.4, -0.2) is 39.4 Å². The number of aryl methyl sites for hydroxylation is 4. The summed E-state index contributed by atoms with van der Waals surface area (Å²) in [4.78, 5) is 23.5. The van der Waals surface area contributed by atoms with E-state index in [9.17, 15) is 0 Å². The molecular weight excluding hydrogens is 378 g/mol. The van der Waals surface area contributed by atoms with E-state index in [0.717, 1.165) is 64.3 Å². The van der Waals surface area contributed by atoms with E-state index >= 15 is 0 Å². The highest BCUT2D eigenvalue weighted by Gasteiger charge is 2.07. The van der Waals surface area contributed by atoms with Crippen molar-refractivity contribution in [2.24, 2.45) is 5.16 Å². The topological polar surface area (TPSA) is 82.4 Å². The van der Waals surface area contributed by atoms with Crippen LogP contribution >= 0.6 is 0 Å². The molecule has 7 heteroatoms. The van der Waals surface area contributed by atoms with Crippen molar-refractivity contribution < 1.29 is 9.57 Å². The Kier molecular flexibility index (Phi) is 7.06. The highest BCUT2D eigenvalue weighted by molar-refractivity contribution is 5.96. The molecule has 0 fully saturated rings. The molecule has 156 valence electrons. The van der Waals surface area contributed by atoms with Crippen molar-refractivity contribution in [2.45, 2.75) is 40.5 Å². The van der Waals surface area contributed by atoms with Gasteiger partial charge in [0.2, 0.25) is 0 Å². The minimum atomic E-state index is 0.503. The quantitative estimate of drug-likeness (QED) is 0.317. The van der Waals surface area contributed by atoms with Crippen LogP contribution < -0.4 is 4.74 Å². The predicted molar refractivity (Wildman–Crippen MR) is 117 cm³/mol. The van der Waals surface area contributed by atoms with Gasteiger partial charge in [-0.2, -0.15) is 0 Å². The van der Waals surface area contributed by atoms with Crippen molar-refractivity contribution in [3.05, 3.63) is 65.0 Å². The summed E-state index contributed by atoms with van der Waals surface area (Å²) < 4.78 is 5.34. The molecule has 0 aliphatic rings. The molecule has 3 heterocycles. The number of hydrogen-bond donors (Lipinski definition) is 0. The number of pyridine rings is 2. The van der Waals surface area contributed by atoms with Crippen molar-refractivity contribution in [3.8, 4) is 17.1 Å². The largest absolute Gasteiger partial charge is 0.497 e. The Morgan fingerprint density at radius 2 is 1.73 bits per heavy atom. The Hall–Kier alpha value is -3.35. The van der Waals surface area contributed by atoms with Gasteiger partial charge < -0.3 is 9.57 Å². The summed E-state index contributed by atoms with van der Waals surface area (Å²) in [6, 6.07) is 11.7. The first-order chi connectivity index (χ1) is 14.4. The van der Waals surface area contributed by atoms with Crippen LogP contribution in [0.2, 0.25) is 0 Å². The zero-order valence-corrected chi connectivity index (χ0v) is 18.1. The maximum Gasteiger partial charge on any atom is 0.126 e.